The highest BCUT2D eigenvalue weighted by molar-refractivity contribution is 5.86. The van der Waals surface area contributed by atoms with Crippen LogP contribution in [0, 0.1) is 13.8 Å². The van der Waals surface area contributed by atoms with Crippen LogP contribution in [0.25, 0.3) is 11.0 Å². The van der Waals surface area contributed by atoms with Gasteiger partial charge in [-0.3, -0.25) is 4.79 Å². The van der Waals surface area contributed by atoms with E-state index >= 15 is 0 Å². The Labute approximate surface area is 156 Å². The molecule has 0 bridgehead atoms. The molecule has 1 saturated heterocycles. The lowest BCUT2D eigenvalue weighted by Crippen LogP contribution is -2.52. The number of nitrogens with zero attached hydrogens (tertiary/aromatic N) is 1. The summed E-state index contributed by atoms with van der Waals surface area (Å²) < 4.78 is 5.38. The molecule has 0 aliphatic carbocycles. The number of carbonyl (C=O) groups is 2. The van der Waals surface area contributed by atoms with Gasteiger partial charge in [0, 0.05) is 29.5 Å². The fourth-order valence-electron chi connectivity index (χ4n) is 3.72. The fraction of sp³-hybridized carbons (Fsp3) is 0.450. The lowest BCUT2D eigenvalue weighted by molar-refractivity contribution is -0.312. The summed E-state index contributed by atoms with van der Waals surface area (Å²) in [6.45, 7) is 3.83. The van der Waals surface area contributed by atoms with Gasteiger partial charge in [0.15, 0.2) is 0 Å². The second-order valence-electron chi connectivity index (χ2n) is 7.00. The Bertz CT molecular complexity index is 961. The minimum atomic E-state index is -1.24. The molecular formula is C20H22NO6-. The lowest BCUT2D eigenvalue weighted by Gasteiger charge is -2.36. The highest BCUT2D eigenvalue weighted by atomic mass is 16.4. The maximum Gasteiger partial charge on any atom is 0.339 e. The SMILES string of the molecule is Cc1c(CCC(=O)N2CCCC[C@H]2C(=O)[O-])c(=O)oc2c(C)c(O)ccc12. The molecular weight excluding hydrogens is 350 g/mol. The molecule has 1 aromatic carbocycles. The Hall–Kier alpha value is -2.83. The summed E-state index contributed by atoms with van der Waals surface area (Å²) >= 11 is 0. The average molecular weight is 372 g/mol. The number of piperidine rings is 1. The first kappa shape index (κ1) is 18.9. The van der Waals surface area contributed by atoms with Gasteiger partial charge in [-0.05, 0) is 57.2 Å². The highest BCUT2D eigenvalue weighted by Gasteiger charge is 2.27. The Morgan fingerprint density at radius 2 is 2.00 bits per heavy atom. The van der Waals surface area contributed by atoms with E-state index in [1.54, 1.807) is 19.9 Å². The van der Waals surface area contributed by atoms with Gasteiger partial charge in [-0.1, -0.05) is 0 Å². The molecule has 144 valence electrons. The van der Waals surface area contributed by atoms with Crippen LogP contribution in [-0.4, -0.2) is 34.5 Å². The van der Waals surface area contributed by atoms with E-state index in [1.165, 1.54) is 11.0 Å². The van der Waals surface area contributed by atoms with Crippen LogP contribution in [0.15, 0.2) is 21.3 Å². The number of phenols is 1. The zero-order valence-electron chi connectivity index (χ0n) is 15.4. The molecule has 0 spiro atoms. The smallest absolute Gasteiger partial charge is 0.339 e. The van der Waals surface area contributed by atoms with E-state index in [-0.39, 0.29) is 24.5 Å². The fourth-order valence-corrected chi connectivity index (χ4v) is 3.72. The summed E-state index contributed by atoms with van der Waals surface area (Å²) in [6, 6.07) is 2.32. The van der Waals surface area contributed by atoms with Crippen LogP contribution >= 0.6 is 0 Å². The van der Waals surface area contributed by atoms with Gasteiger partial charge in [-0.25, -0.2) is 4.79 Å². The topological polar surface area (TPSA) is 111 Å². The third-order valence-corrected chi connectivity index (χ3v) is 5.36. The molecule has 0 radical (unpaired) electrons. The summed E-state index contributed by atoms with van der Waals surface area (Å²) in [7, 11) is 0. The van der Waals surface area contributed by atoms with Gasteiger partial charge >= 0.3 is 5.63 Å². The molecule has 1 amide bonds. The number of carbonyl (C=O) groups excluding carboxylic acids is 2. The van der Waals surface area contributed by atoms with Gasteiger partial charge in [0.2, 0.25) is 5.91 Å². The van der Waals surface area contributed by atoms with Gasteiger partial charge in [-0.15, -0.1) is 0 Å². The molecule has 2 heterocycles. The Kier molecular flexibility index (Phi) is 5.21. The number of phenolic OH excluding ortho intramolecular Hbond substituents is 1. The van der Waals surface area contributed by atoms with Crippen LogP contribution in [0.1, 0.15) is 42.4 Å². The highest BCUT2D eigenvalue weighted by Crippen LogP contribution is 2.29. The van der Waals surface area contributed by atoms with E-state index < -0.39 is 17.6 Å². The van der Waals surface area contributed by atoms with E-state index in [0.29, 0.717) is 40.6 Å². The molecule has 1 fully saturated rings. The molecule has 1 atom stereocenters. The Morgan fingerprint density at radius 3 is 2.70 bits per heavy atom. The van der Waals surface area contributed by atoms with Gasteiger partial charge in [-0.2, -0.15) is 0 Å². The van der Waals surface area contributed by atoms with Crippen LogP contribution in [-0.2, 0) is 16.0 Å². The largest absolute Gasteiger partial charge is 0.548 e. The van der Waals surface area contributed by atoms with Crippen molar-refractivity contribution in [1.82, 2.24) is 4.90 Å². The molecule has 3 rings (SSSR count). The van der Waals surface area contributed by atoms with Crippen molar-refractivity contribution in [2.45, 2.75) is 52.0 Å². The van der Waals surface area contributed by atoms with E-state index in [0.717, 1.165) is 12.8 Å². The second kappa shape index (κ2) is 7.42. The number of benzene rings is 1. The van der Waals surface area contributed by atoms with Crippen molar-refractivity contribution in [3.05, 3.63) is 39.2 Å². The number of carboxylic acids is 1. The molecule has 0 saturated carbocycles. The molecule has 7 nitrogen and oxygen atoms in total. The van der Waals surface area contributed by atoms with Crippen LogP contribution < -0.4 is 10.7 Å². The van der Waals surface area contributed by atoms with Gasteiger partial charge in [0.05, 0.1) is 12.0 Å². The predicted molar refractivity (Wildman–Crippen MR) is 96.3 cm³/mol. The van der Waals surface area contributed by atoms with E-state index in [2.05, 4.69) is 0 Å². The summed E-state index contributed by atoms with van der Waals surface area (Å²) in [6.07, 6.45) is 2.10. The summed E-state index contributed by atoms with van der Waals surface area (Å²) in [5.41, 5.74) is 1.37. The molecule has 1 aliphatic rings. The maximum atomic E-state index is 12.5. The number of amides is 1. The zero-order valence-corrected chi connectivity index (χ0v) is 15.4. The van der Waals surface area contributed by atoms with E-state index in [1.807, 2.05) is 0 Å². The van der Waals surface area contributed by atoms with E-state index in [9.17, 15) is 24.6 Å². The van der Waals surface area contributed by atoms with Crippen LogP contribution in [0.4, 0.5) is 0 Å². The minimum absolute atomic E-state index is 0.0257. The molecule has 2 aromatic rings. The summed E-state index contributed by atoms with van der Waals surface area (Å²) in [4.78, 5) is 37.6. The molecule has 27 heavy (non-hydrogen) atoms. The monoisotopic (exact) mass is 372 g/mol. The van der Waals surface area contributed by atoms with Gasteiger partial charge < -0.3 is 24.3 Å². The summed E-state index contributed by atoms with van der Waals surface area (Å²) in [5.74, 6) is -1.49. The average Bonchev–Trinajstić information content (AvgIpc) is 2.64. The Morgan fingerprint density at radius 1 is 1.26 bits per heavy atom. The van der Waals surface area contributed by atoms with E-state index in [4.69, 9.17) is 4.42 Å². The number of aromatic hydroxyl groups is 1. The van der Waals surface area contributed by atoms with Crippen LogP contribution in [0.2, 0.25) is 0 Å². The van der Waals surface area contributed by atoms with Crippen molar-refractivity contribution < 1.29 is 24.2 Å². The normalized spacial score (nSPS) is 17.3. The number of aliphatic carboxylic acids is 1. The zero-order chi connectivity index (χ0) is 19.7. The maximum absolute atomic E-state index is 12.5. The summed E-state index contributed by atoms with van der Waals surface area (Å²) in [5, 5.41) is 21.8. The number of likely N-dealkylation sites (tertiary alicyclic amines) is 1. The molecule has 0 unspecified atom stereocenters. The van der Waals surface area contributed by atoms with Crippen molar-refractivity contribution in [3.63, 3.8) is 0 Å². The van der Waals surface area contributed by atoms with Crippen LogP contribution in [0.5, 0.6) is 5.75 Å². The van der Waals surface area contributed by atoms with Crippen molar-refractivity contribution in [3.8, 4) is 5.75 Å². The third-order valence-electron chi connectivity index (χ3n) is 5.36. The number of carboxylic acid groups (broad SMARTS) is 1. The van der Waals surface area contributed by atoms with Gasteiger partial charge in [0.1, 0.15) is 11.3 Å². The minimum Gasteiger partial charge on any atom is -0.548 e. The number of aryl methyl sites for hydroxylation is 2. The Balaban J connectivity index is 1.85. The third kappa shape index (κ3) is 3.54. The standard InChI is InChI=1S/C20H23NO6/c1-11-13-6-8-16(22)12(2)18(13)27-20(26)14(11)7-9-17(23)21-10-4-3-5-15(21)19(24)25/h6,8,15,22H,3-5,7,9-10H2,1-2H3,(H,24,25)/p-1/t15-/m0/s1. The number of hydrogen-bond donors (Lipinski definition) is 1. The predicted octanol–water partition coefficient (Wildman–Crippen LogP) is 1.18. The lowest BCUT2D eigenvalue weighted by atomic mass is 9.98. The second-order valence-corrected chi connectivity index (χ2v) is 7.00. The van der Waals surface area contributed by atoms with Gasteiger partial charge in [0.25, 0.3) is 0 Å². The quantitative estimate of drug-likeness (QED) is 0.807. The van der Waals surface area contributed by atoms with Crippen molar-refractivity contribution >= 4 is 22.8 Å². The molecule has 1 N–H and O–H groups in total. The number of hydrogen-bond acceptors (Lipinski definition) is 6. The molecule has 7 heteroatoms. The molecule has 1 aliphatic heterocycles. The van der Waals surface area contributed by atoms with Crippen molar-refractivity contribution in [1.29, 1.82) is 0 Å². The van der Waals surface area contributed by atoms with Crippen molar-refractivity contribution in [2.75, 3.05) is 6.54 Å². The first-order chi connectivity index (χ1) is 12.8. The molecule has 1 aromatic heterocycles. The van der Waals surface area contributed by atoms with Crippen molar-refractivity contribution in [2.24, 2.45) is 0 Å². The van der Waals surface area contributed by atoms with Crippen LogP contribution in [0.3, 0.4) is 0 Å². The first-order valence-electron chi connectivity index (χ1n) is 9.06. The number of fused-ring (bicyclic) bond motifs is 1. The first-order valence-corrected chi connectivity index (χ1v) is 9.06. The number of rotatable bonds is 4.